The van der Waals surface area contributed by atoms with E-state index in [1.54, 1.807) is 24.3 Å². The summed E-state index contributed by atoms with van der Waals surface area (Å²) in [6.07, 6.45) is 3.10. The lowest BCUT2D eigenvalue weighted by atomic mass is 10.2. The third-order valence-electron chi connectivity index (χ3n) is 3.62. The summed E-state index contributed by atoms with van der Waals surface area (Å²) in [5, 5.41) is 6.72. The van der Waals surface area contributed by atoms with E-state index in [4.69, 9.17) is 0 Å². The van der Waals surface area contributed by atoms with Gasteiger partial charge in [0.05, 0.1) is 10.7 Å². The van der Waals surface area contributed by atoms with Crippen LogP contribution in [0.1, 0.15) is 64.3 Å². The zero-order chi connectivity index (χ0) is 18.4. The van der Waals surface area contributed by atoms with Gasteiger partial charge in [0.15, 0.2) is 0 Å². The molecule has 6 heteroatoms. The first-order valence-corrected chi connectivity index (χ1v) is 9.41. The van der Waals surface area contributed by atoms with Gasteiger partial charge >= 0.3 is 0 Å². The molecule has 0 spiro atoms. The third-order valence-corrected chi connectivity index (χ3v) is 4.83. The maximum absolute atomic E-state index is 12.5. The Morgan fingerprint density at radius 1 is 1.16 bits per heavy atom. The second kappa shape index (κ2) is 8.76. The standard InChI is InChI=1S/C19H25N3O2S/c1-5-6-7-16-21-13(4)17(25-16)19(24)22-15-10-8-14(9-11-15)18(23)20-12(2)3/h8-12H,5-7H2,1-4H3,(H,20,23)(H,22,24). The summed E-state index contributed by atoms with van der Waals surface area (Å²) in [5.74, 6) is -0.274. The zero-order valence-electron chi connectivity index (χ0n) is 15.2. The van der Waals surface area contributed by atoms with Gasteiger partial charge in [-0.05, 0) is 57.9 Å². The molecule has 0 radical (unpaired) electrons. The minimum absolute atomic E-state index is 0.0862. The molecule has 1 aromatic heterocycles. The molecule has 1 heterocycles. The number of aromatic nitrogens is 1. The van der Waals surface area contributed by atoms with Crippen molar-refractivity contribution in [3.8, 4) is 0 Å². The Morgan fingerprint density at radius 3 is 2.44 bits per heavy atom. The number of thiazole rings is 1. The number of carbonyl (C=O) groups is 2. The number of hydrogen-bond acceptors (Lipinski definition) is 4. The van der Waals surface area contributed by atoms with Crippen molar-refractivity contribution in [1.82, 2.24) is 10.3 Å². The van der Waals surface area contributed by atoms with Crippen LogP contribution >= 0.6 is 11.3 Å². The number of nitrogens with zero attached hydrogens (tertiary/aromatic N) is 1. The van der Waals surface area contributed by atoms with E-state index >= 15 is 0 Å². The van der Waals surface area contributed by atoms with Gasteiger partial charge in [0.25, 0.3) is 11.8 Å². The van der Waals surface area contributed by atoms with E-state index in [-0.39, 0.29) is 17.9 Å². The molecular weight excluding hydrogens is 334 g/mol. The van der Waals surface area contributed by atoms with Crippen molar-refractivity contribution in [2.24, 2.45) is 0 Å². The Hall–Kier alpha value is -2.21. The highest BCUT2D eigenvalue weighted by Crippen LogP contribution is 2.21. The largest absolute Gasteiger partial charge is 0.350 e. The van der Waals surface area contributed by atoms with Gasteiger partial charge in [-0.2, -0.15) is 0 Å². The lowest BCUT2D eigenvalue weighted by Gasteiger charge is -2.09. The first kappa shape index (κ1) is 19.1. The molecule has 134 valence electrons. The fraction of sp³-hybridized carbons (Fsp3) is 0.421. The number of benzene rings is 1. The summed E-state index contributed by atoms with van der Waals surface area (Å²) in [6, 6.07) is 6.98. The van der Waals surface area contributed by atoms with Crippen molar-refractivity contribution in [2.75, 3.05) is 5.32 Å². The van der Waals surface area contributed by atoms with Crippen LogP contribution in [0.5, 0.6) is 0 Å². The quantitative estimate of drug-likeness (QED) is 0.779. The van der Waals surface area contributed by atoms with Gasteiger partial charge in [-0.25, -0.2) is 4.98 Å². The maximum atomic E-state index is 12.5. The Labute approximate surface area is 152 Å². The second-order valence-corrected chi connectivity index (χ2v) is 7.37. The number of nitrogens with one attached hydrogen (secondary N) is 2. The monoisotopic (exact) mass is 359 g/mol. The highest BCUT2D eigenvalue weighted by atomic mass is 32.1. The van der Waals surface area contributed by atoms with Gasteiger partial charge in [0, 0.05) is 17.3 Å². The fourth-order valence-corrected chi connectivity index (χ4v) is 3.34. The fourth-order valence-electron chi connectivity index (χ4n) is 2.34. The minimum Gasteiger partial charge on any atom is -0.350 e. The van der Waals surface area contributed by atoms with Crippen LogP contribution in [0.3, 0.4) is 0 Å². The zero-order valence-corrected chi connectivity index (χ0v) is 16.0. The van der Waals surface area contributed by atoms with E-state index < -0.39 is 0 Å². The molecule has 0 saturated carbocycles. The summed E-state index contributed by atoms with van der Waals surface area (Å²) >= 11 is 1.45. The lowest BCUT2D eigenvalue weighted by Crippen LogP contribution is -2.30. The number of anilines is 1. The van der Waals surface area contributed by atoms with E-state index in [0.717, 1.165) is 30.0 Å². The number of amides is 2. The second-order valence-electron chi connectivity index (χ2n) is 6.29. The molecule has 0 aliphatic carbocycles. The molecule has 5 nitrogen and oxygen atoms in total. The molecule has 0 bridgehead atoms. The van der Waals surface area contributed by atoms with Crippen LogP contribution in [0.15, 0.2) is 24.3 Å². The minimum atomic E-state index is -0.155. The van der Waals surface area contributed by atoms with Gasteiger partial charge in [-0.1, -0.05) is 13.3 Å². The number of unbranched alkanes of at least 4 members (excludes halogenated alkanes) is 1. The molecule has 0 aliphatic rings. The normalized spacial score (nSPS) is 10.8. The number of hydrogen-bond donors (Lipinski definition) is 2. The Morgan fingerprint density at radius 2 is 1.84 bits per heavy atom. The van der Waals surface area contributed by atoms with Crippen molar-refractivity contribution in [2.45, 2.75) is 53.0 Å². The van der Waals surface area contributed by atoms with E-state index in [0.29, 0.717) is 16.1 Å². The molecule has 2 N–H and O–H groups in total. The van der Waals surface area contributed by atoms with E-state index in [9.17, 15) is 9.59 Å². The van der Waals surface area contributed by atoms with Gasteiger partial charge in [-0.15, -0.1) is 11.3 Å². The van der Waals surface area contributed by atoms with E-state index in [1.807, 2.05) is 20.8 Å². The molecule has 1 aromatic carbocycles. The predicted octanol–water partition coefficient (Wildman–Crippen LogP) is 4.18. The Bertz CT molecular complexity index is 736. The molecule has 0 saturated heterocycles. The molecule has 0 fully saturated rings. The van der Waals surface area contributed by atoms with Crippen molar-refractivity contribution >= 4 is 28.8 Å². The van der Waals surface area contributed by atoms with Crippen molar-refractivity contribution in [3.05, 3.63) is 45.4 Å². The van der Waals surface area contributed by atoms with E-state index in [2.05, 4.69) is 22.5 Å². The molecular formula is C19H25N3O2S. The van der Waals surface area contributed by atoms with Gasteiger partial charge < -0.3 is 10.6 Å². The number of rotatable bonds is 7. The Kier molecular flexibility index (Phi) is 6.70. The average Bonchev–Trinajstić information content (AvgIpc) is 2.94. The first-order valence-electron chi connectivity index (χ1n) is 8.59. The molecule has 0 unspecified atom stereocenters. The van der Waals surface area contributed by atoms with Crippen LogP contribution in [-0.4, -0.2) is 22.8 Å². The number of carbonyl (C=O) groups excluding carboxylic acids is 2. The molecule has 2 rings (SSSR count). The highest BCUT2D eigenvalue weighted by Gasteiger charge is 2.15. The van der Waals surface area contributed by atoms with Crippen LogP contribution in [0, 0.1) is 6.92 Å². The number of aryl methyl sites for hydroxylation is 2. The van der Waals surface area contributed by atoms with Crippen LogP contribution in [-0.2, 0) is 6.42 Å². The van der Waals surface area contributed by atoms with Crippen molar-refractivity contribution in [1.29, 1.82) is 0 Å². The summed E-state index contributed by atoms with van der Waals surface area (Å²) in [5.41, 5.74) is 2.00. The first-order chi connectivity index (χ1) is 11.9. The van der Waals surface area contributed by atoms with Crippen LogP contribution in [0.2, 0.25) is 0 Å². The SMILES string of the molecule is CCCCc1nc(C)c(C(=O)Nc2ccc(C(=O)NC(C)C)cc2)s1. The Balaban J connectivity index is 2.03. The average molecular weight is 359 g/mol. The van der Waals surface area contributed by atoms with Crippen molar-refractivity contribution in [3.63, 3.8) is 0 Å². The van der Waals surface area contributed by atoms with Gasteiger partial charge in [0.1, 0.15) is 4.88 Å². The lowest BCUT2D eigenvalue weighted by molar-refractivity contribution is 0.0942. The van der Waals surface area contributed by atoms with Crippen LogP contribution in [0.25, 0.3) is 0 Å². The molecule has 2 amide bonds. The predicted molar refractivity (Wildman–Crippen MR) is 102 cm³/mol. The topological polar surface area (TPSA) is 71.1 Å². The summed E-state index contributed by atoms with van der Waals surface area (Å²) < 4.78 is 0. The highest BCUT2D eigenvalue weighted by molar-refractivity contribution is 7.13. The molecule has 25 heavy (non-hydrogen) atoms. The van der Waals surface area contributed by atoms with E-state index in [1.165, 1.54) is 11.3 Å². The van der Waals surface area contributed by atoms with Gasteiger partial charge in [-0.3, -0.25) is 9.59 Å². The summed E-state index contributed by atoms with van der Waals surface area (Å²) in [4.78, 5) is 29.5. The summed E-state index contributed by atoms with van der Waals surface area (Å²) in [6.45, 7) is 7.83. The summed E-state index contributed by atoms with van der Waals surface area (Å²) in [7, 11) is 0. The molecule has 0 aliphatic heterocycles. The molecule has 0 atom stereocenters. The third kappa shape index (κ3) is 5.39. The molecule has 2 aromatic rings. The van der Waals surface area contributed by atoms with Crippen molar-refractivity contribution < 1.29 is 9.59 Å². The van der Waals surface area contributed by atoms with Crippen LogP contribution < -0.4 is 10.6 Å². The smallest absolute Gasteiger partial charge is 0.267 e. The van der Waals surface area contributed by atoms with Gasteiger partial charge in [0.2, 0.25) is 0 Å². The van der Waals surface area contributed by atoms with Crippen LogP contribution in [0.4, 0.5) is 5.69 Å². The maximum Gasteiger partial charge on any atom is 0.267 e.